The Morgan fingerprint density at radius 1 is 1.20 bits per heavy atom. The first kappa shape index (κ1) is 11.5. The maximum Gasteiger partial charge on any atom is 0.333 e. The van der Waals surface area contributed by atoms with E-state index in [-0.39, 0.29) is 5.97 Å². The van der Waals surface area contributed by atoms with Gasteiger partial charge in [0.1, 0.15) is 0 Å². The number of hydrogen-bond donors (Lipinski definition) is 0. The molecule has 0 bridgehead atoms. The summed E-state index contributed by atoms with van der Waals surface area (Å²) in [5, 5.41) is 0. The van der Waals surface area contributed by atoms with Gasteiger partial charge in [0.2, 0.25) is 0 Å². The molecule has 0 amide bonds. The van der Waals surface area contributed by atoms with Crippen LogP contribution in [0.15, 0.2) is 23.8 Å². The van der Waals surface area contributed by atoms with Gasteiger partial charge < -0.3 is 4.74 Å². The second kappa shape index (κ2) is 4.78. The van der Waals surface area contributed by atoms with E-state index in [9.17, 15) is 4.79 Å². The van der Waals surface area contributed by atoms with Crippen molar-refractivity contribution in [3.8, 4) is 0 Å². The maximum atomic E-state index is 11.2. The van der Waals surface area contributed by atoms with Crippen LogP contribution in [0.25, 0.3) is 6.08 Å². The first-order chi connectivity index (χ1) is 7.02. The van der Waals surface area contributed by atoms with Gasteiger partial charge in [-0.3, -0.25) is 0 Å². The minimum absolute atomic E-state index is 0.283. The molecule has 0 aliphatic carbocycles. The predicted octanol–water partition coefficient (Wildman–Crippen LogP) is 2.88. The Bertz CT molecular complexity index is 383. The summed E-state index contributed by atoms with van der Waals surface area (Å²) in [6, 6.07) is 6.18. The lowest BCUT2D eigenvalue weighted by molar-refractivity contribution is -0.135. The number of methoxy groups -OCH3 is 1. The fraction of sp³-hybridized carbons (Fsp3) is 0.308. The Kier molecular flexibility index (Phi) is 3.67. The van der Waals surface area contributed by atoms with Crippen molar-refractivity contribution < 1.29 is 9.53 Å². The van der Waals surface area contributed by atoms with Crippen molar-refractivity contribution in [1.29, 1.82) is 0 Å². The van der Waals surface area contributed by atoms with Crippen molar-refractivity contribution in [2.45, 2.75) is 20.8 Å². The van der Waals surface area contributed by atoms with Gasteiger partial charge >= 0.3 is 5.97 Å². The minimum atomic E-state index is -0.283. The van der Waals surface area contributed by atoms with Crippen LogP contribution in [0, 0.1) is 13.8 Å². The van der Waals surface area contributed by atoms with Crippen molar-refractivity contribution in [3.05, 3.63) is 40.5 Å². The van der Waals surface area contributed by atoms with Crippen LogP contribution < -0.4 is 0 Å². The van der Waals surface area contributed by atoms with Crippen molar-refractivity contribution in [2.75, 3.05) is 7.11 Å². The third-order valence-electron chi connectivity index (χ3n) is 2.13. The Labute approximate surface area is 90.6 Å². The molecule has 0 saturated heterocycles. The number of aryl methyl sites for hydroxylation is 2. The molecule has 1 aromatic rings. The molecule has 0 atom stereocenters. The fourth-order valence-electron chi connectivity index (χ4n) is 1.56. The van der Waals surface area contributed by atoms with E-state index < -0.39 is 0 Å². The molecule has 0 unspecified atom stereocenters. The van der Waals surface area contributed by atoms with Crippen molar-refractivity contribution in [1.82, 2.24) is 0 Å². The zero-order chi connectivity index (χ0) is 11.4. The summed E-state index contributed by atoms with van der Waals surface area (Å²) >= 11 is 0. The molecule has 0 aromatic heterocycles. The topological polar surface area (TPSA) is 26.3 Å². The van der Waals surface area contributed by atoms with Crippen LogP contribution >= 0.6 is 0 Å². The van der Waals surface area contributed by atoms with E-state index in [4.69, 9.17) is 0 Å². The summed E-state index contributed by atoms with van der Waals surface area (Å²) in [5.74, 6) is -0.283. The largest absolute Gasteiger partial charge is 0.466 e. The highest BCUT2D eigenvalue weighted by Gasteiger charge is 2.03. The van der Waals surface area contributed by atoms with E-state index in [0.29, 0.717) is 5.57 Å². The number of rotatable bonds is 2. The highest BCUT2D eigenvalue weighted by Crippen LogP contribution is 2.12. The summed E-state index contributed by atoms with van der Waals surface area (Å²) in [6.07, 6.45) is 1.84. The third-order valence-corrected chi connectivity index (χ3v) is 2.13. The van der Waals surface area contributed by atoms with Gasteiger partial charge in [-0.25, -0.2) is 4.79 Å². The smallest absolute Gasteiger partial charge is 0.333 e. The SMILES string of the molecule is COC(=O)C(C)=Cc1cc(C)cc(C)c1. The lowest BCUT2D eigenvalue weighted by Gasteiger charge is -2.02. The van der Waals surface area contributed by atoms with E-state index in [2.05, 4.69) is 10.8 Å². The van der Waals surface area contributed by atoms with Gasteiger partial charge in [0.05, 0.1) is 7.11 Å². The van der Waals surface area contributed by atoms with Gasteiger partial charge in [0, 0.05) is 5.57 Å². The van der Waals surface area contributed by atoms with Gasteiger partial charge in [-0.05, 0) is 32.4 Å². The van der Waals surface area contributed by atoms with Gasteiger partial charge in [0.15, 0.2) is 0 Å². The first-order valence-corrected chi connectivity index (χ1v) is 4.88. The summed E-state index contributed by atoms with van der Waals surface area (Å²) in [4.78, 5) is 11.2. The molecule has 80 valence electrons. The molecule has 0 fully saturated rings. The van der Waals surface area contributed by atoms with Crippen LogP contribution in [0.3, 0.4) is 0 Å². The van der Waals surface area contributed by atoms with Crippen LogP contribution in [0.1, 0.15) is 23.6 Å². The monoisotopic (exact) mass is 204 g/mol. The van der Waals surface area contributed by atoms with Crippen LogP contribution in [-0.4, -0.2) is 13.1 Å². The van der Waals surface area contributed by atoms with Gasteiger partial charge in [-0.1, -0.05) is 29.3 Å². The fourth-order valence-corrected chi connectivity index (χ4v) is 1.56. The summed E-state index contributed by atoms with van der Waals surface area (Å²) in [5.41, 5.74) is 4.04. The first-order valence-electron chi connectivity index (χ1n) is 4.88. The molecule has 2 nitrogen and oxygen atoms in total. The molecule has 1 rings (SSSR count). The molecular formula is C13H16O2. The van der Waals surface area contributed by atoms with Crippen LogP contribution in [0.5, 0.6) is 0 Å². The Morgan fingerprint density at radius 2 is 1.73 bits per heavy atom. The molecule has 0 aliphatic rings. The third kappa shape index (κ3) is 3.24. The molecule has 0 spiro atoms. The van der Waals surface area contributed by atoms with E-state index in [0.717, 1.165) is 5.56 Å². The van der Waals surface area contributed by atoms with Crippen LogP contribution in [-0.2, 0) is 9.53 Å². The lowest BCUT2D eigenvalue weighted by Crippen LogP contribution is -2.01. The molecule has 1 aromatic carbocycles. The molecule has 15 heavy (non-hydrogen) atoms. The van der Waals surface area contributed by atoms with Crippen molar-refractivity contribution in [2.24, 2.45) is 0 Å². The van der Waals surface area contributed by atoms with E-state index in [1.807, 2.05) is 32.1 Å². The number of ether oxygens (including phenoxy) is 1. The van der Waals surface area contributed by atoms with Gasteiger partial charge in [-0.2, -0.15) is 0 Å². The van der Waals surface area contributed by atoms with Crippen molar-refractivity contribution in [3.63, 3.8) is 0 Å². The van der Waals surface area contributed by atoms with Gasteiger partial charge in [-0.15, -0.1) is 0 Å². The van der Waals surface area contributed by atoms with Crippen LogP contribution in [0.4, 0.5) is 0 Å². The minimum Gasteiger partial charge on any atom is -0.466 e. The second-order valence-corrected chi connectivity index (χ2v) is 3.74. The van der Waals surface area contributed by atoms with Crippen LogP contribution in [0.2, 0.25) is 0 Å². The van der Waals surface area contributed by atoms with Crippen molar-refractivity contribution >= 4 is 12.0 Å². The maximum absolute atomic E-state index is 11.2. The molecule has 0 heterocycles. The standard InChI is InChI=1S/C13H16O2/c1-9-5-10(2)7-12(6-9)8-11(3)13(14)15-4/h5-8H,1-4H3. The molecule has 0 aliphatic heterocycles. The second-order valence-electron chi connectivity index (χ2n) is 3.74. The molecular weight excluding hydrogens is 188 g/mol. The zero-order valence-electron chi connectivity index (χ0n) is 9.63. The number of carbonyl (C=O) groups is 1. The summed E-state index contributed by atoms with van der Waals surface area (Å²) in [6.45, 7) is 5.83. The van der Waals surface area contributed by atoms with Gasteiger partial charge in [0.25, 0.3) is 0 Å². The quantitative estimate of drug-likeness (QED) is 0.547. The van der Waals surface area contributed by atoms with E-state index >= 15 is 0 Å². The Hall–Kier alpha value is -1.57. The average Bonchev–Trinajstić information content (AvgIpc) is 2.14. The highest BCUT2D eigenvalue weighted by molar-refractivity contribution is 5.92. The number of benzene rings is 1. The Balaban J connectivity index is 3.02. The molecule has 0 radical (unpaired) electrons. The normalized spacial score (nSPS) is 11.3. The van der Waals surface area contributed by atoms with E-state index in [1.165, 1.54) is 18.2 Å². The predicted molar refractivity (Wildman–Crippen MR) is 61.6 cm³/mol. The molecule has 0 N–H and O–H groups in total. The Morgan fingerprint density at radius 3 is 2.20 bits per heavy atom. The number of carbonyl (C=O) groups excluding carboxylic acids is 1. The summed E-state index contributed by atoms with van der Waals surface area (Å²) in [7, 11) is 1.39. The number of esters is 1. The zero-order valence-corrected chi connectivity index (χ0v) is 9.63. The molecule has 2 heteroatoms. The van der Waals surface area contributed by atoms with E-state index in [1.54, 1.807) is 6.92 Å². The number of hydrogen-bond acceptors (Lipinski definition) is 2. The summed E-state index contributed by atoms with van der Waals surface area (Å²) < 4.78 is 4.64. The lowest BCUT2D eigenvalue weighted by atomic mass is 10.1. The highest BCUT2D eigenvalue weighted by atomic mass is 16.5. The molecule has 0 saturated carbocycles. The average molecular weight is 204 g/mol.